The average molecular weight is 396 g/mol. The quantitative estimate of drug-likeness (QED) is 0.670. The lowest BCUT2D eigenvalue weighted by molar-refractivity contribution is -0.132. The van der Waals surface area contributed by atoms with Crippen LogP contribution in [0.1, 0.15) is 61.3 Å². The van der Waals surface area contributed by atoms with E-state index in [1.165, 1.54) is 24.0 Å². The van der Waals surface area contributed by atoms with Crippen LogP contribution in [0.2, 0.25) is 0 Å². The third kappa shape index (κ3) is 2.42. The summed E-state index contributed by atoms with van der Waals surface area (Å²) in [7, 11) is 0. The van der Waals surface area contributed by atoms with Gasteiger partial charge in [0.25, 0.3) is 5.91 Å². The lowest BCUT2D eigenvalue weighted by Crippen LogP contribution is -2.67. The fraction of sp³-hybridized carbons (Fsp3) is 0.652. The number of aliphatic hydroxyl groups is 1. The lowest BCUT2D eigenvalue weighted by atomic mass is 9.48. The van der Waals surface area contributed by atoms with Gasteiger partial charge in [-0.3, -0.25) is 15.0 Å². The zero-order valence-electron chi connectivity index (χ0n) is 16.9. The van der Waals surface area contributed by atoms with Crippen molar-refractivity contribution in [3.63, 3.8) is 0 Å². The van der Waals surface area contributed by atoms with Gasteiger partial charge in [0.15, 0.2) is 0 Å². The molecule has 6 rings (SSSR count). The predicted molar refractivity (Wildman–Crippen MR) is 107 cm³/mol. The molecule has 5 atom stereocenters. The number of aliphatic hydroxyl groups excluding tert-OH is 1. The van der Waals surface area contributed by atoms with Gasteiger partial charge in [-0.25, -0.2) is 4.79 Å². The Morgan fingerprint density at radius 2 is 2.03 bits per heavy atom. The highest BCUT2D eigenvalue weighted by atomic mass is 16.3. The second-order valence-electron chi connectivity index (χ2n) is 10.2. The Hall–Kier alpha value is -1.92. The summed E-state index contributed by atoms with van der Waals surface area (Å²) in [5.74, 6) is 0.923. The van der Waals surface area contributed by atoms with Gasteiger partial charge < -0.3 is 10.4 Å². The smallest absolute Gasteiger partial charge is 0.322 e. The minimum Gasteiger partial charge on any atom is -0.387 e. The van der Waals surface area contributed by atoms with Crippen LogP contribution >= 0.6 is 0 Å². The van der Waals surface area contributed by atoms with E-state index >= 15 is 0 Å². The minimum absolute atomic E-state index is 0.108. The second-order valence-corrected chi connectivity index (χ2v) is 10.2. The summed E-state index contributed by atoms with van der Waals surface area (Å²) in [4.78, 5) is 27.3. The molecule has 3 N–H and O–H groups in total. The number of carbonyl (C=O) groups is 2. The zero-order valence-corrected chi connectivity index (χ0v) is 16.9. The number of fused-ring (bicyclic) bond motifs is 1. The summed E-state index contributed by atoms with van der Waals surface area (Å²) in [6.07, 6.45) is 5.25. The van der Waals surface area contributed by atoms with E-state index in [0.29, 0.717) is 18.8 Å². The van der Waals surface area contributed by atoms with E-state index < -0.39 is 11.6 Å². The van der Waals surface area contributed by atoms with Gasteiger partial charge in [0.2, 0.25) is 0 Å². The number of piperidine rings is 1. The molecule has 6 nitrogen and oxygen atoms in total. The van der Waals surface area contributed by atoms with Gasteiger partial charge in [0, 0.05) is 18.0 Å². The number of benzene rings is 1. The maximum absolute atomic E-state index is 12.8. The Balaban J connectivity index is 1.48. The maximum atomic E-state index is 12.8. The first-order chi connectivity index (χ1) is 13.9. The van der Waals surface area contributed by atoms with Gasteiger partial charge in [-0.2, -0.15) is 0 Å². The molecule has 3 aliphatic carbocycles. The topological polar surface area (TPSA) is 81.7 Å². The summed E-state index contributed by atoms with van der Waals surface area (Å²) in [5, 5.41) is 16.9. The van der Waals surface area contributed by atoms with E-state index in [-0.39, 0.29) is 23.4 Å². The fourth-order valence-electron chi connectivity index (χ4n) is 7.02. The first kappa shape index (κ1) is 17.9. The third-order valence-electron chi connectivity index (χ3n) is 8.48. The maximum Gasteiger partial charge on any atom is 0.322 e. The van der Waals surface area contributed by atoms with Crippen molar-refractivity contribution in [3.8, 4) is 0 Å². The molecule has 0 radical (unpaired) electrons. The predicted octanol–water partition coefficient (Wildman–Crippen LogP) is 2.14. The number of rotatable bonds is 2. The van der Waals surface area contributed by atoms with Crippen LogP contribution in [-0.4, -0.2) is 46.6 Å². The first-order valence-corrected chi connectivity index (χ1v) is 11.1. The number of aryl methyl sites for hydroxylation is 1. The molecule has 154 valence electrons. The number of nitrogens with zero attached hydrogens (tertiary/aromatic N) is 1. The van der Waals surface area contributed by atoms with E-state index in [9.17, 15) is 14.7 Å². The SMILES string of the molecule is Cc1ccc2c(c1)[C@]13CCN(CC4CC4)[C@H]([C@@H]2O)[C@@H]1CC[C@@]1(C3)NC(=O)NC1=O. The first-order valence-electron chi connectivity index (χ1n) is 11.1. The number of amides is 3. The number of carbonyl (C=O) groups excluding carboxylic acids is 2. The van der Waals surface area contributed by atoms with Crippen LogP contribution in [0.3, 0.4) is 0 Å². The van der Waals surface area contributed by atoms with Crippen molar-refractivity contribution in [2.24, 2.45) is 11.8 Å². The number of nitrogens with one attached hydrogen (secondary N) is 2. The Kier molecular flexibility index (Phi) is 3.59. The molecule has 6 heteroatoms. The summed E-state index contributed by atoms with van der Waals surface area (Å²) in [5.41, 5.74) is 2.45. The Bertz CT molecular complexity index is 913. The van der Waals surface area contributed by atoms with Crippen molar-refractivity contribution in [3.05, 3.63) is 34.9 Å². The van der Waals surface area contributed by atoms with E-state index in [1.807, 2.05) is 0 Å². The van der Waals surface area contributed by atoms with E-state index in [0.717, 1.165) is 37.4 Å². The van der Waals surface area contributed by atoms with Gasteiger partial charge in [0.05, 0.1) is 6.10 Å². The van der Waals surface area contributed by atoms with Crippen molar-refractivity contribution < 1.29 is 14.7 Å². The summed E-state index contributed by atoms with van der Waals surface area (Å²) < 4.78 is 0. The molecule has 0 unspecified atom stereocenters. The Morgan fingerprint density at radius 3 is 2.76 bits per heavy atom. The average Bonchev–Trinajstić information content (AvgIpc) is 3.46. The highest BCUT2D eigenvalue weighted by molar-refractivity contribution is 6.07. The van der Waals surface area contributed by atoms with E-state index in [2.05, 4.69) is 40.7 Å². The molecular formula is C23H29N3O3. The number of urea groups is 1. The van der Waals surface area contributed by atoms with Crippen molar-refractivity contribution >= 4 is 11.9 Å². The standard InChI is InChI=1S/C23H29N3O3/c1-13-2-5-15-17(10-13)22-8-9-26(11-14-3-4-14)18(19(15)27)16(22)6-7-23(12-22)20(28)24-21(29)25-23/h2,5,10,14,16,18-19,27H,3-4,6-9,11-12H2,1H3,(H2,24,25,28,29)/t16-,18-,19+,22-,23-/m0/s1. The molecule has 2 aliphatic heterocycles. The largest absolute Gasteiger partial charge is 0.387 e. The Labute approximate surface area is 171 Å². The van der Waals surface area contributed by atoms with Gasteiger partial charge >= 0.3 is 6.03 Å². The summed E-state index contributed by atoms with van der Waals surface area (Å²) in [6.45, 7) is 4.13. The molecule has 1 spiro atoms. The number of hydrogen-bond donors (Lipinski definition) is 3. The van der Waals surface area contributed by atoms with Crippen LogP contribution < -0.4 is 10.6 Å². The molecule has 5 aliphatic rings. The van der Waals surface area contributed by atoms with E-state index in [4.69, 9.17) is 0 Å². The van der Waals surface area contributed by atoms with Crippen LogP contribution in [0.25, 0.3) is 0 Å². The van der Waals surface area contributed by atoms with Crippen molar-refractivity contribution in [1.29, 1.82) is 0 Å². The molecule has 2 bridgehead atoms. The van der Waals surface area contributed by atoms with Crippen molar-refractivity contribution in [2.75, 3.05) is 13.1 Å². The number of hydrogen-bond acceptors (Lipinski definition) is 4. The molecule has 29 heavy (non-hydrogen) atoms. The molecule has 4 fully saturated rings. The van der Waals surface area contributed by atoms with Gasteiger partial charge in [-0.05, 0) is 75.0 Å². The van der Waals surface area contributed by atoms with Crippen molar-refractivity contribution in [2.45, 2.75) is 68.5 Å². The van der Waals surface area contributed by atoms with Crippen LogP contribution in [0.4, 0.5) is 4.79 Å². The highest BCUT2D eigenvalue weighted by Crippen LogP contribution is 2.60. The van der Waals surface area contributed by atoms with Crippen LogP contribution in [0.15, 0.2) is 18.2 Å². The molecule has 1 aromatic carbocycles. The van der Waals surface area contributed by atoms with Gasteiger partial charge in [-0.15, -0.1) is 0 Å². The van der Waals surface area contributed by atoms with E-state index in [1.54, 1.807) is 0 Å². The van der Waals surface area contributed by atoms with Gasteiger partial charge in [0.1, 0.15) is 5.54 Å². The zero-order chi connectivity index (χ0) is 20.0. The summed E-state index contributed by atoms with van der Waals surface area (Å²) in [6, 6.07) is 6.15. The second kappa shape index (κ2) is 5.82. The third-order valence-corrected chi connectivity index (χ3v) is 8.48. The minimum atomic E-state index is -0.805. The molecule has 1 aromatic rings. The Morgan fingerprint density at radius 1 is 1.21 bits per heavy atom. The summed E-state index contributed by atoms with van der Waals surface area (Å²) >= 11 is 0. The molecule has 2 saturated carbocycles. The van der Waals surface area contributed by atoms with Crippen LogP contribution in [0, 0.1) is 18.8 Å². The number of likely N-dealkylation sites (tertiary alicyclic amines) is 1. The fourth-order valence-corrected chi connectivity index (χ4v) is 7.02. The van der Waals surface area contributed by atoms with Crippen molar-refractivity contribution in [1.82, 2.24) is 15.5 Å². The highest BCUT2D eigenvalue weighted by Gasteiger charge is 2.64. The van der Waals surface area contributed by atoms with Crippen LogP contribution in [-0.2, 0) is 10.2 Å². The monoisotopic (exact) mass is 395 g/mol. The normalized spacial score (nSPS) is 41.0. The molecule has 2 heterocycles. The van der Waals surface area contributed by atoms with Crippen LogP contribution in [0.5, 0.6) is 0 Å². The molecular weight excluding hydrogens is 366 g/mol. The number of imide groups is 1. The molecule has 2 saturated heterocycles. The van der Waals surface area contributed by atoms with Gasteiger partial charge in [-0.1, -0.05) is 23.8 Å². The molecule has 3 amide bonds. The lowest BCUT2D eigenvalue weighted by Gasteiger charge is -2.62. The molecule has 0 aromatic heterocycles.